The van der Waals surface area contributed by atoms with E-state index in [1.165, 1.54) is 24.3 Å². The van der Waals surface area contributed by atoms with Gasteiger partial charge in [-0.15, -0.1) is 0 Å². The van der Waals surface area contributed by atoms with E-state index in [1.54, 1.807) is 0 Å². The quantitative estimate of drug-likeness (QED) is 0.707. The molecule has 1 saturated heterocycles. The van der Waals surface area contributed by atoms with Crippen LogP contribution in [0, 0.1) is 11.8 Å². The molecule has 0 aromatic carbocycles. The van der Waals surface area contributed by atoms with Gasteiger partial charge in [0.15, 0.2) is 0 Å². The van der Waals surface area contributed by atoms with Crippen LogP contribution in [0.15, 0.2) is 0 Å². The Kier molecular flexibility index (Phi) is 4.31. The average Bonchev–Trinajstić information content (AvgIpc) is 2.09. The zero-order chi connectivity index (χ0) is 8.10. The lowest BCUT2D eigenvalue weighted by Crippen LogP contribution is -2.23. The lowest BCUT2D eigenvalue weighted by atomic mass is 9.88. The van der Waals surface area contributed by atoms with Crippen LogP contribution in [0.3, 0.4) is 0 Å². The second-order valence-corrected chi connectivity index (χ2v) is 4.48. The molecule has 0 aromatic rings. The predicted molar refractivity (Wildman–Crippen MR) is 50.9 cm³/mol. The Morgan fingerprint density at radius 2 is 2.45 bits per heavy atom. The van der Waals surface area contributed by atoms with Crippen molar-refractivity contribution in [3.63, 3.8) is 0 Å². The summed E-state index contributed by atoms with van der Waals surface area (Å²) in [4.78, 5) is 0. The van der Waals surface area contributed by atoms with Gasteiger partial charge in [-0.1, -0.05) is 13.3 Å². The Bertz CT molecular complexity index is 95.7. The van der Waals surface area contributed by atoms with Gasteiger partial charge in [0.05, 0.1) is 0 Å². The molecular weight excluding hydrogens is 156 g/mol. The van der Waals surface area contributed by atoms with Crippen molar-refractivity contribution in [3.8, 4) is 0 Å². The molecule has 2 atom stereocenters. The first-order chi connectivity index (χ1) is 5.38. The van der Waals surface area contributed by atoms with Crippen molar-refractivity contribution in [1.82, 2.24) is 0 Å². The number of hydrogen-bond donors (Lipinski definition) is 1. The van der Waals surface area contributed by atoms with Gasteiger partial charge >= 0.3 is 0 Å². The van der Waals surface area contributed by atoms with E-state index in [-0.39, 0.29) is 0 Å². The zero-order valence-corrected chi connectivity index (χ0v) is 8.07. The van der Waals surface area contributed by atoms with E-state index >= 15 is 0 Å². The van der Waals surface area contributed by atoms with Gasteiger partial charge < -0.3 is 5.11 Å². The van der Waals surface area contributed by atoms with Gasteiger partial charge in [-0.2, -0.15) is 11.8 Å². The Morgan fingerprint density at radius 3 is 2.91 bits per heavy atom. The third-order valence-electron chi connectivity index (χ3n) is 2.62. The molecule has 0 aromatic heterocycles. The molecule has 0 spiro atoms. The highest BCUT2D eigenvalue weighted by molar-refractivity contribution is 7.99. The van der Waals surface area contributed by atoms with Crippen LogP contribution in [-0.2, 0) is 0 Å². The molecule has 0 bridgehead atoms. The summed E-state index contributed by atoms with van der Waals surface area (Å²) in [6.45, 7) is 2.57. The van der Waals surface area contributed by atoms with Crippen molar-refractivity contribution in [2.75, 3.05) is 18.1 Å². The molecule has 0 radical (unpaired) electrons. The van der Waals surface area contributed by atoms with E-state index in [1.807, 2.05) is 0 Å². The molecule has 2 unspecified atom stereocenters. The summed E-state index contributed by atoms with van der Waals surface area (Å²) >= 11 is 2.05. The first-order valence-electron chi connectivity index (χ1n) is 4.57. The minimum atomic E-state index is 0.391. The van der Waals surface area contributed by atoms with Crippen LogP contribution < -0.4 is 0 Å². The molecule has 1 fully saturated rings. The highest BCUT2D eigenvalue weighted by Crippen LogP contribution is 2.29. The first-order valence-corrected chi connectivity index (χ1v) is 5.72. The maximum atomic E-state index is 9.07. The van der Waals surface area contributed by atoms with Crippen LogP contribution in [0.1, 0.15) is 26.2 Å². The number of thioether (sulfide) groups is 1. The normalized spacial score (nSPS) is 28.4. The maximum absolute atomic E-state index is 9.07. The average molecular weight is 174 g/mol. The van der Waals surface area contributed by atoms with Crippen LogP contribution in [0.4, 0.5) is 0 Å². The molecular formula is C9H18OS. The van der Waals surface area contributed by atoms with E-state index < -0.39 is 0 Å². The predicted octanol–water partition coefficient (Wildman–Crippen LogP) is 2.15. The first kappa shape index (κ1) is 9.40. The van der Waals surface area contributed by atoms with Crippen LogP contribution in [0.25, 0.3) is 0 Å². The SMILES string of the molecule is CCC(CO)C1CCCSC1. The van der Waals surface area contributed by atoms with Crippen LogP contribution in [-0.4, -0.2) is 23.2 Å². The van der Waals surface area contributed by atoms with Crippen molar-refractivity contribution < 1.29 is 5.11 Å². The summed E-state index contributed by atoms with van der Waals surface area (Å²) < 4.78 is 0. The summed E-state index contributed by atoms with van der Waals surface area (Å²) in [5.41, 5.74) is 0. The van der Waals surface area contributed by atoms with Crippen molar-refractivity contribution in [3.05, 3.63) is 0 Å². The van der Waals surface area contributed by atoms with Crippen molar-refractivity contribution in [2.24, 2.45) is 11.8 Å². The molecule has 11 heavy (non-hydrogen) atoms. The lowest BCUT2D eigenvalue weighted by Gasteiger charge is -2.27. The number of rotatable bonds is 3. The van der Waals surface area contributed by atoms with Gasteiger partial charge in [-0.3, -0.25) is 0 Å². The molecule has 66 valence electrons. The lowest BCUT2D eigenvalue weighted by molar-refractivity contribution is 0.173. The van der Waals surface area contributed by atoms with E-state index in [9.17, 15) is 0 Å². The summed E-state index contributed by atoms with van der Waals surface area (Å²) in [6.07, 6.45) is 3.83. The minimum absolute atomic E-state index is 0.391. The van der Waals surface area contributed by atoms with Crippen LogP contribution >= 0.6 is 11.8 Å². The largest absolute Gasteiger partial charge is 0.396 e. The van der Waals surface area contributed by atoms with E-state index in [0.717, 1.165) is 12.3 Å². The van der Waals surface area contributed by atoms with Gasteiger partial charge in [0.1, 0.15) is 0 Å². The van der Waals surface area contributed by atoms with Gasteiger partial charge in [0, 0.05) is 6.61 Å². The molecule has 0 saturated carbocycles. The second kappa shape index (κ2) is 5.04. The fraction of sp³-hybridized carbons (Fsp3) is 1.00. The fourth-order valence-corrected chi connectivity index (χ4v) is 3.03. The van der Waals surface area contributed by atoms with Gasteiger partial charge in [-0.25, -0.2) is 0 Å². The zero-order valence-electron chi connectivity index (χ0n) is 7.25. The molecule has 0 aliphatic carbocycles. The summed E-state index contributed by atoms with van der Waals surface area (Å²) in [5.74, 6) is 3.98. The van der Waals surface area contributed by atoms with E-state index in [4.69, 9.17) is 5.11 Å². The maximum Gasteiger partial charge on any atom is 0.0462 e. The van der Waals surface area contributed by atoms with Crippen LogP contribution in [0.2, 0.25) is 0 Å². The minimum Gasteiger partial charge on any atom is -0.396 e. The van der Waals surface area contributed by atoms with Crippen molar-refractivity contribution in [1.29, 1.82) is 0 Å². The smallest absolute Gasteiger partial charge is 0.0462 e. The molecule has 1 N–H and O–H groups in total. The third kappa shape index (κ3) is 2.68. The Labute approximate surface area is 73.6 Å². The second-order valence-electron chi connectivity index (χ2n) is 3.33. The molecule has 1 heterocycles. The monoisotopic (exact) mass is 174 g/mol. The Morgan fingerprint density at radius 1 is 1.64 bits per heavy atom. The number of aliphatic hydroxyl groups excluding tert-OH is 1. The van der Waals surface area contributed by atoms with Gasteiger partial charge in [0.25, 0.3) is 0 Å². The molecule has 1 aliphatic heterocycles. The third-order valence-corrected chi connectivity index (χ3v) is 3.86. The van der Waals surface area contributed by atoms with Crippen molar-refractivity contribution in [2.45, 2.75) is 26.2 Å². The molecule has 1 nitrogen and oxygen atoms in total. The fourth-order valence-electron chi connectivity index (χ4n) is 1.75. The van der Waals surface area contributed by atoms with Gasteiger partial charge in [0.2, 0.25) is 0 Å². The van der Waals surface area contributed by atoms with E-state index in [2.05, 4.69) is 18.7 Å². The molecule has 1 aliphatic rings. The standard InChI is InChI=1S/C9H18OS/c1-2-8(6-10)9-4-3-5-11-7-9/h8-10H,2-7H2,1H3. The Hall–Kier alpha value is 0.310. The summed E-state index contributed by atoms with van der Waals surface area (Å²) in [6, 6.07) is 0. The van der Waals surface area contributed by atoms with Crippen LogP contribution in [0.5, 0.6) is 0 Å². The van der Waals surface area contributed by atoms with E-state index in [0.29, 0.717) is 12.5 Å². The highest BCUT2D eigenvalue weighted by atomic mass is 32.2. The number of aliphatic hydroxyl groups is 1. The van der Waals surface area contributed by atoms with Gasteiger partial charge in [-0.05, 0) is 36.2 Å². The Balaban J connectivity index is 2.30. The molecule has 1 rings (SSSR count). The summed E-state index contributed by atoms with van der Waals surface area (Å²) in [5, 5.41) is 9.07. The summed E-state index contributed by atoms with van der Waals surface area (Å²) in [7, 11) is 0. The number of hydrogen-bond acceptors (Lipinski definition) is 2. The molecule has 2 heteroatoms. The topological polar surface area (TPSA) is 20.2 Å². The van der Waals surface area contributed by atoms with Crippen molar-refractivity contribution >= 4 is 11.8 Å². The highest BCUT2D eigenvalue weighted by Gasteiger charge is 2.21. The molecule has 0 amide bonds.